The van der Waals surface area contributed by atoms with E-state index in [2.05, 4.69) is 10.4 Å². The van der Waals surface area contributed by atoms with Gasteiger partial charge >= 0.3 is 0 Å². The molecular formula is C21H20FN5OS. The van der Waals surface area contributed by atoms with Gasteiger partial charge in [0.1, 0.15) is 10.6 Å². The minimum Gasteiger partial charge on any atom is -0.323 e. The van der Waals surface area contributed by atoms with Crippen LogP contribution in [0.5, 0.6) is 0 Å². The highest BCUT2D eigenvalue weighted by Crippen LogP contribution is 2.34. The number of hydrogen-bond acceptors (Lipinski definition) is 5. The Morgan fingerprint density at radius 3 is 3.00 bits per heavy atom. The van der Waals surface area contributed by atoms with Gasteiger partial charge in [-0.15, -0.1) is 11.3 Å². The van der Waals surface area contributed by atoms with E-state index in [1.54, 1.807) is 39.9 Å². The molecule has 0 saturated heterocycles. The van der Waals surface area contributed by atoms with Gasteiger partial charge in [-0.2, -0.15) is 5.10 Å². The molecule has 0 saturated carbocycles. The van der Waals surface area contributed by atoms with Crippen molar-refractivity contribution in [1.29, 1.82) is 0 Å². The summed E-state index contributed by atoms with van der Waals surface area (Å²) in [6.45, 7) is 0.461. The third-order valence-electron chi connectivity index (χ3n) is 5.32. The van der Waals surface area contributed by atoms with Crippen molar-refractivity contribution in [3.8, 4) is 0 Å². The Bertz CT molecular complexity index is 1270. The van der Waals surface area contributed by atoms with E-state index in [9.17, 15) is 9.18 Å². The van der Waals surface area contributed by atoms with Gasteiger partial charge < -0.3 is 5.32 Å². The Hall–Kier alpha value is -3.00. The van der Waals surface area contributed by atoms with Crippen LogP contribution in [-0.4, -0.2) is 19.3 Å². The lowest BCUT2D eigenvalue weighted by atomic mass is 9.97. The van der Waals surface area contributed by atoms with E-state index in [4.69, 9.17) is 4.98 Å². The molecule has 0 atom stereocenters. The molecule has 0 spiro atoms. The molecule has 3 heterocycles. The molecule has 1 N–H and O–H groups in total. The summed E-state index contributed by atoms with van der Waals surface area (Å²) in [5, 5.41) is 8.31. The second-order valence-electron chi connectivity index (χ2n) is 7.37. The Morgan fingerprint density at radius 1 is 1.28 bits per heavy atom. The second kappa shape index (κ2) is 7.11. The number of thiophene rings is 1. The van der Waals surface area contributed by atoms with Crippen molar-refractivity contribution in [1.82, 2.24) is 19.3 Å². The number of fused-ring (bicyclic) bond motifs is 3. The number of hydrogen-bond donors (Lipinski definition) is 1. The molecule has 148 valence electrons. The van der Waals surface area contributed by atoms with Crippen molar-refractivity contribution in [3.63, 3.8) is 0 Å². The predicted molar refractivity (Wildman–Crippen MR) is 113 cm³/mol. The van der Waals surface area contributed by atoms with Crippen molar-refractivity contribution < 1.29 is 4.39 Å². The molecule has 8 heteroatoms. The molecule has 29 heavy (non-hydrogen) atoms. The normalized spacial score (nSPS) is 13.6. The van der Waals surface area contributed by atoms with Crippen LogP contribution in [0.2, 0.25) is 0 Å². The van der Waals surface area contributed by atoms with E-state index in [1.165, 1.54) is 29.0 Å². The average Bonchev–Trinajstić information content (AvgIpc) is 3.29. The monoisotopic (exact) mass is 409 g/mol. The summed E-state index contributed by atoms with van der Waals surface area (Å²) >= 11 is 1.63. The Labute approximate surface area is 170 Å². The fourth-order valence-electron chi connectivity index (χ4n) is 3.86. The van der Waals surface area contributed by atoms with Crippen LogP contribution in [0.15, 0.2) is 41.5 Å². The van der Waals surface area contributed by atoms with Gasteiger partial charge in [0.2, 0.25) is 5.95 Å². The summed E-state index contributed by atoms with van der Waals surface area (Å²) in [6, 6.07) is 6.45. The molecule has 1 aromatic carbocycles. The first-order valence-corrected chi connectivity index (χ1v) is 10.5. The van der Waals surface area contributed by atoms with Crippen LogP contribution >= 0.6 is 11.3 Å². The van der Waals surface area contributed by atoms with E-state index in [0.29, 0.717) is 12.5 Å². The summed E-state index contributed by atoms with van der Waals surface area (Å²) in [4.78, 5) is 19.8. The van der Waals surface area contributed by atoms with Gasteiger partial charge in [0.25, 0.3) is 5.56 Å². The lowest BCUT2D eigenvalue weighted by Crippen LogP contribution is -2.21. The second-order valence-corrected chi connectivity index (χ2v) is 8.46. The molecule has 0 amide bonds. The molecule has 0 fully saturated rings. The summed E-state index contributed by atoms with van der Waals surface area (Å²) < 4.78 is 16.7. The van der Waals surface area contributed by atoms with Crippen LogP contribution in [0.25, 0.3) is 10.2 Å². The van der Waals surface area contributed by atoms with Gasteiger partial charge in [-0.25, -0.2) is 9.37 Å². The SMILES string of the molecule is Cn1c(Nc2cnn(Cc3cccc(F)c3)c2)nc2sc3c(c2c1=O)CCCC3. The number of nitrogens with one attached hydrogen (secondary N) is 1. The van der Waals surface area contributed by atoms with Gasteiger partial charge in [-0.3, -0.25) is 14.0 Å². The molecule has 0 aliphatic heterocycles. The van der Waals surface area contributed by atoms with Crippen molar-refractivity contribution >= 4 is 33.2 Å². The molecule has 1 aliphatic rings. The minimum absolute atomic E-state index is 0.0101. The van der Waals surface area contributed by atoms with Gasteiger partial charge in [0.05, 0.1) is 23.8 Å². The fraction of sp³-hybridized carbons (Fsp3) is 0.286. The zero-order valence-electron chi connectivity index (χ0n) is 16.0. The topological polar surface area (TPSA) is 64.7 Å². The third-order valence-corrected chi connectivity index (χ3v) is 6.51. The zero-order chi connectivity index (χ0) is 20.0. The van der Waals surface area contributed by atoms with Crippen LogP contribution in [-0.2, 0) is 26.4 Å². The zero-order valence-corrected chi connectivity index (χ0v) is 16.8. The van der Waals surface area contributed by atoms with Gasteiger partial charge in [0.15, 0.2) is 0 Å². The van der Waals surface area contributed by atoms with Crippen LogP contribution in [0.1, 0.15) is 28.8 Å². The van der Waals surface area contributed by atoms with E-state index in [-0.39, 0.29) is 11.4 Å². The highest BCUT2D eigenvalue weighted by Gasteiger charge is 2.21. The molecule has 4 aromatic rings. The molecule has 0 radical (unpaired) electrons. The maximum atomic E-state index is 13.4. The van der Waals surface area contributed by atoms with E-state index in [0.717, 1.165) is 40.7 Å². The summed E-state index contributed by atoms with van der Waals surface area (Å²) in [5.41, 5.74) is 2.74. The average molecular weight is 409 g/mol. The number of rotatable bonds is 4. The van der Waals surface area contributed by atoms with Crippen molar-refractivity contribution in [2.75, 3.05) is 5.32 Å². The fourth-order valence-corrected chi connectivity index (χ4v) is 5.12. The van der Waals surface area contributed by atoms with Crippen molar-refractivity contribution in [3.05, 3.63) is 68.8 Å². The van der Waals surface area contributed by atoms with Crippen LogP contribution in [0.4, 0.5) is 16.0 Å². The van der Waals surface area contributed by atoms with E-state index < -0.39 is 0 Å². The highest BCUT2D eigenvalue weighted by molar-refractivity contribution is 7.18. The first-order valence-electron chi connectivity index (χ1n) is 9.63. The smallest absolute Gasteiger partial charge is 0.263 e. The van der Waals surface area contributed by atoms with Crippen molar-refractivity contribution in [2.24, 2.45) is 7.05 Å². The molecule has 0 unspecified atom stereocenters. The molecule has 5 rings (SSSR count). The lowest BCUT2D eigenvalue weighted by molar-refractivity contribution is 0.619. The number of anilines is 2. The molecule has 0 bridgehead atoms. The summed E-state index contributed by atoms with van der Waals surface area (Å²) in [6.07, 6.45) is 7.80. The number of nitrogens with zero attached hydrogens (tertiary/aromatic N) is 4. The molecule has 6 nitrogen and oxygen atoms in total. The number of aryl methyl sites for hydroxylation is 2. The first kappa shape index (κ1) is 18.1. The van der Waals surface area contributed by atoms with Crippen LogP contribution in [0, 0.1) is 5.82 Å². The summed E-state index contributed by atoms with van der Waals surface area (Å²) in [7, 11) is 1.74. The third kappa shape index (κ3) is 3.33. The van der Waals surface area contributed by atoms with Crippen LogP contribution in [0.3, 0.4) is 0 Å². The Balaban J connectivity index is 1.44. The number of aromatic nitrogens is 4. The number of benzene rings is 1. The van der Waals surface area contributed by atoms with Crippen molar-refractivity contribution in [2.45, 2.75) is 32.2 Å². The standard InChI is InChI=1S/C21H20FN5OS/c1-26-20(28)18-16-7-2-3-8-17(16)29-19(18)25-21(26)24-15-10-23-27(12-15)11-13-5-4-6-14(22)9-13/h4-6,9-10,12H,2-3,7-8,11H2,1H3,(H,24,25). The largest absolute Gasteiger partial charge is 0.323 e. The maximum absolute atomic E-state index is 13.4. The van der Waals surface area contributed by atoms with Crippen LogP contribution < -0.4 is 10.9 Å². The highest BCUT2D eigenvalue weighted by atomic mass is 32.1. The van der Waals surface area contributed by atoms with E-state index >= 15 is 0 Å². The first-order chi connectivity index (χ1) is 14.1. The van der Waals surface area contributed by atoms with E-state index in [1.807, 2.05) is 12.3 Å². The minimum atomic E-state index is -0.265. The maximum Gasteiger partial charge on any atom is 0.263 e. The Kier molecular flexibility index (Phi) is 4.43. The quantitative estimate of drug-likeness (QED) is 0.553. The summed E-state index contributed by atoms with van der Waals surface area (Å²) in [5.74, 6) is 0.227. The Morgan fingerprint density at radius 2 is 2.14 bits per heavy atom. The predicted octanol–water partition coefficient (Wildman–Crippen LogP) is 4.00. The van der Waals surface area contributed by atoms with Gasteiger partial charge in [0, 0.05) is 18.1 Å². The molecular weight excluding hydrogens is 389 g/mol. The molecule has 3 aromatic heterocycles. The lowest BCUT2D eigenvalue weighted by Gasteiger charge is -2.11. The molecule has 1 aliphatic carbocycles. The van der Waals surface area contributed by atoms with Gasteiger partial charge in [-0.05, 0) is 48.9 Å². The number of halogens is 1. The van der Waals surface area contributed by atoms with Gasteiger partial charge in [-0.1, -0.05) is 12.1 Å².